The molecule has 66 valence electrons. The van der Waals surface area contributed by atoms with Crippen molar-refractivity contribution in [2.24, 2.45) is 0 Å². The first kappa shape index (κ1) is 7.72. The van der Waals surface area contributed by atoms with Gasteiger partial charge >= 0.3 is 0 Å². The molecule has 0 aliphatic rings. The van der Waals surface area contributed by atoms with E-state index >= 15 is 0 Å². The molecule has 0 radical (unpaired) electrons. The maximum atomic E-state index is 12.8. The van der Waals surface area contributed by atoms with E-state index < -0.39 is 0 Å². The van der Waals surface area contributed by atoms with Gasteiger partial charge in [0.05, 0.1) is 11.4 Å². The van der Waals surface area contributed by atoms with Crippen molar-refractivity contribution >= 4 is 5.69 Å². The van der Waals surface area contributed by atoms with Crippen LogP contribution in [-0.4, -0.2) is 14.8 Å². The zero-order valence-corrected chi connectivity index (χ0v) is 6.68. The van der Waals surface area contributed by atoms with Crippen LogP contribution < -0.4 is 5.73 Å². The SMILES string of the molecule is Nc1ccc(F)cc1-n1cncn1. The van der Waals surface area contributed by atoms with Gasteiger partial charge in [-0.25, -0.2) is 14.1 Å². The lowest BCUT2D eigenvalue weighted by molar-refractivity contribution is 0.625. The molecule has 13 heavy (non-hydrogen) atoms. The van der Waals surface area contributed by atoms with Crippen LogP contribution in [0.2, 0.25) is 0 Å². The molecule has 0 aliphatic heterocycles. The number of halogens is 1. The second-order valence-corrected chi connectivity index (χ2v) is 2.54. The van der Waals surface area contributed by atoms with Crippen molar-refractivity contribution < 1.29 is 4.39 Å². The molecule has 0 aliphatic carbocycles. The minimum absolute atomic E-state index is 0.347. The molecular formula is C8H7FN4. The third-order valence-corrected chi connectivity index (χ3v) is 1.66. The molecule has 0 unspecified atom stereocenters. The first-order valence-corrected chi connectivity index (χ1v) is 3.67. The largest absolute Gasteiger partial charge is 0.397 e. The molecule has 5 heteroatoms. The fraction of sp³-hybridized carbons (Fsp3) is 0. The Morgan fingerprint density at radius 3 is 2.92 bits per heavy atom. The van der Waals surface area contributed by atoms with Crippen LogP contribution in [0.15, 0.2) is 30.9 Å². The molecule has 2 aromatic rings. The summed E-state index contributed by atoms with van der Waals surface area (Å²) < 4.78 is 14.2. The molecule has 0 bridgehead atoms. The minimum Gasteiger partial charge on any atom is -0.397 e. The van der Waals surface area contributed by atoms with Gasteiger partial charge in [0.2, 0.25) is 0 Å². The van der Waals surface area contributed by atoms with Crippen LogP contribution in [0.1, 0.15) is 0 Å². The van der Waals surface area contributed by atoms with E-state index in [4.69, 9.17) is 5.73 Å². The molecule has 0 fully saturated rings. The van der Waals surface area contributed by atoms with Gasteiger partial charge in [-0.15, -0.1) is 0 Å². The summed E-state index contributed by atoms with van der Waals surface area (Å²) in [5, 5.41) is 3.85. The summed E-state index contributed by atoms with van der Waals surface area (Å²) in [6.07, 6.45) is 2.83. The van der Waals surface area contributed by atoms with E-state index in [1.165, 1.54) is 35.5 Å². The topological polar surface area (TPSA) is 56.7 Å². The van der Waals surface area contributed by atoms with Crippen LogP contribution >= 0.6 is 0 Å². The number of rotatable bonds is 1. The van der Waals surface area contributed by atoms with Gasteiger partial charge in [-0.05, 0) is 12.1 Å². The van der Waals surface area contributed by atoms with Crippen molar-refractivity contribution in [2.45, 2.75) is 0 Å². The lowest BCUT2D eigenvalue weighted by Gasteiger charge is -2.03. The first-order valence-electron chi connectivity index (χ1n) is 3.67. The van der Waals surface area contributed by atoms with Crippen molar-refractivity contribution in [2.75, 3.05) is 5.73 Å². The smallest absolute Gasteiger partial charge is 0.138 e. The molecule has 1 aromatic carbocycles. The number of nitrogens with zero attached hydrogens (tertiary/aromatic N) is 3. The summed E-state index contributed by atoms with van der Waals surface area (Å²) in [5.41, 5.74) is 6.59. The molecule has 1 heterocycles. The van der Waals surface area contributed by atoms with Gasteiger partial charge in [0.15, 0.2) is 0 Å². The lowest BCUT2D eigenvalue weighted by atomic mass is 10.2. The summed E-state index contributed by atoms with van der Waals surface area (Å²) in [7, 11) is 0. The van der Waals surface area contributed by atoms with Crippen molar-refractivity contribution in [1.82, 2.24) is 14.8 Å². The van der Waals surface area contributed by atoms with Gasteiger partial charge in [0.1, 0.15) is 18.5 Å². The van der Waals surface area contributed by atoms with E-state index in [2.05, 4.69) is 10.1 Å². The van der Waals surface area contributed by atoms with Crippen LogP contribution in [0.25, 0.3) is 5.69 Å². The summed E-state index contributed by atoms with van der Waals surface area (Å²) in [4.78, 5) is 3.74. The summed E-state index contributed by atoms with van der Waals surface area (Å²) in [6, 6.07) is 4.10. The Labute approximate surface area is 73.8 Å². The van der Waals surface area contributed by atoms with E-state index in [0.717, 1.165) is 0 Å². The van der Waals surface area contributed by atoms with E-state index in [-0.39, 0.29) is 5.82 Å². The highest BCUT2D eigenvalue weighted by molar-refractivity contribution is 5.56. The number of hydrogen-bond donors (Lipinski definition) is 1. The highest BCUT2D eigenvalue weighted by Gasteiger charge is 2.03. The average molecular weight is 178 g/mol. The van der Waals surface area contributed by atoms with Gasteiger partial charge in [0, 0.05) is 6.07 Å². The van der Waals surface area contributed by atoms with Gasteiger partial charge in [-0.3, -0.25) is 0 Å². The molecule has 4 nitrogen and oxygen atoms in total. The Morgan fingerprint density at radius 2 is 2.23 bits per heavy atom. The third kappa shape index (κ3) is 1.35. The molecule has 0 spiro atoms. The summed E-state index contributed by atoms with van der Waals surface area (Å²) in [5.74, 6) is -0.347. The van der Waals surface area contributed by atoms with Crippen LogP contribution in [0, 0.1) is 5.82 Å². The van der Waals surface area contributed by atoms with Gasteiger partial charge < -0.3 is 5.73 Å². The van der Waals surface area contributed by atoms with Crippen molar-refractivity contribution in [1.29, 1.82) is 0 Å². The molecule has 1 aromatic heterocycles. The molecule has 0 amide bonds. The van der Waals surface area contributed by atoms with Gasteiger partial charge in [-0.2, -0.15) is 5.10 Å². The van der Waals surface area contributed by atoms with E-state index in [1.807, 2.05) is 0 Å². The number of nitrogens with two attached hydrogens (primary N) is 1. The zero-order valence-electron chi connectivity index (χ0n) is 6.68. The Bertz CT molecular complexity index is 410. The third-order valence-electron chi connectivity index (χ3n) is 1.66. The molecule has 0 atom stereocenters. The quantitative estimate of drug-likeness (QED) is 0.662. The van der Waals surface area contributed by atoms with Gasteiger partial charge in [0.25, 0.3) is 0 Å². The predicted molar refractivity (Wildman–Crippen MR) is 45.7 cm³/mol. The second kappa shape index (κ2) is 2.85. The fourth-order valence-electron chi connectivity index (χ4n) is 1.05. The highest BCUT2D eigenvalue weighted by Crippen LogP contribution is 2.16. The molecule has 2 rings (SSSR count). The zero-order chi connectivity index (χ0) is 9.26. The fourth-order valence-corrected chi connectivity index (χ4v) is 1.05. The lowest BCUT2D eigenvalue weighted by Crippen LogP contribution is -2.00. The van der Waals surface area contributed by atoms with E-state index in [1.54, 1.807) is 0 Å². The number of aromatic nitrogens is 3. The van der Waals surface area contributed by atoms with Gasteiger partial charge in [-0.1, -0.05) is 0 Å². The minimum atomic E-state index is -0.347. The van der Waals surface area contributed by atoms with Crippen LogP contribution in [0.4, 0.5) is 10.1 Å². The summed E-state index contributed by atoms with van der Waals surface area (Å²) >= 11 is 0. The molecular weight excluding hydrogens is 171 g/mol. The molecule has 0 saturated heterocycles. The average Bonchev–Trinajstić information content (AvgIpc) is 2.61. The Balaban J connectivity index is 2.57. The Morgan fingerprint density at radius 1 is 1.38 bits per heavy atom. The Hall–Kier alpha value is -1.91. The number of hydrogen-bond acceptors (Lipinski definition) is 3. The maximum absolute atomic E-state index is 12.8. The highest BCUT2D eigenvalue weighted by atomic mass is 19.1. The van der Waals surface area contributed by atoms with Crippen LogP contribution in [0.3, 0.4) is 0 Å². The van der Waals surface area contributed by atoms with Crippen molar-refractivity contribution in [3.05, 3.63) is 36.7 Å². The summed E-state index contributed by atoms with van der Waals surface area (Å²) in [6.45, 7) is 0. The maximum Gasteiger partial charge on any atom is 0.138 e. The normalized spacial score (nSPS) is 10.2. The Kier molecular flexibility index (Phi) is 1.70. The van der Waals surface area contributed by atoms with E-state index in [9.17, 15) is 4.39 Å². The van der Waals surface area contributed by atoms with Crippen LogP contribution in [0.5, 0.6) is 0 Å². The van der Waals surface area contributed by atoms with Crippen molar-refractivity contribution in [3.63, 3.8) is 0 Å². The monoisotopic (exact) mass is 178 g/mol. The van der Waals surface area contributed by atoms with E-state index in [0.29, 0.717) is 11.4 Å². The van der Waals surface area contributed by atoms with Crippen molar-refractivity contribution in [3.8, 4) is 5.69 Å². The standard InChI is InChI=1S/C8H7FN4/c9-6-1-2-7(10)8(3-6)13-5-11-4-12-13/h1-5H,10H2. The number of nitrogen functional groups attached to an aromatic ring is 1. The second-order valence-electron chi connectivity index (χ2n) is 2.54. The predicted octanol–water partition coefficient (Wildman–Crippen LogP) is 0.989. The number of benzene rings is 1. The molecule has 0 saturated carbocycles. The van der Waals surface area contributed by atoms with Crippen LogP contribution in [-0.2, 0) is 0 Å². The number of anilines is 1. The first-order chi connectivity index (χ1) is 6.27. The molecule has 2 N–H and O–H groups in total.